The number of nitrogens with one attached hydrogen (secondary N) is 1. The summed E-state index contributed by atoms with van der Waals surface area (Å²) in [4.78, 5) is 21.2. The molecule has 0 radical (unpaired) electrons. The number of aryl methyl sites for hydroxylation is 1. The van der Waals surface area contributed by atoms with E-state index in [1.807, 2.05) is 29.9 Å². The molecular weight excluding hydrogens is 492 g/mol. The molecule has 1 atom stereocenters. The molecule has 1 amide bonds. The quantitative estimate of drug-likeness (QED) is 0.510. The van der Waals surface area contributed by atoms with E-state index in [2.05, 4.69) is 10.3 Å². The van der Waals surface area contributed by atoms with E-state index in [1.54, 1.807) is 6.20 Å². The van der Waals surface area contributed by atoms with Gasteiger partial charge < -0.3 is 28.6 Å². The van der Waals surface area contributed by atoms with Crippen molar-refractivity contribution in [3.8, 4) is 17.0 Å². The molecular formula is C27H32N4O5S. The van der Waals surface area contributed by atoms with Gasteiger partial charge in [0.05, 0.1) is 42.9 Å². The van der Waals surface area contributed by atoms with E-state index in [9.17, 15) is 9.35 Å². The zero-order chi connectivity index (χ0) is 25.6. The van der Waals surface area contributed by atoms with Crippen LogP contribution in [0.5, 0.6) is 5.75 Å². The lowest BCUT2D eigenvalue weighted by Crippen LogP contribution is -2.37. The molecule has 2 saturated heterocycles. The molecule has 1 N–H and O–H groups in total. The molecule has 0 aliphatic carbocycles. The van der Waals surface area contributed by atoms with Gasteiger partial charge >= 0.3 is 0 Å². The van der Waals surface area contributed by atoms with Gasteiger partial charge in [-0.25, -0.2) is 9.97 Å². The first-order valence-electron chi connectivity index (χ1n) is 12.9. The summed E-state index contributed by atoms with van der Waals surface area (Å²) in [5, 5.41) is 3.73. The van der Waals surface area contributed by atoms with Crippen molar-refractivity contribution in [2.24, 2.45) is 13.0 Å². The fourth-order valence-electron chi connectivity index (χ4n) is 5.64. The summed E-state index contributed by atoms with van der Waals surface area (Å²) in [6, 6.07) is 3.93. The fourth-order valence-corrected chi connectivity index (χ4v) is 7.04. The van der Waals surface area contributed by atoms with Gasteiger partial charge in [-0.2, -0.15) is 0 Å². The monoisotopic (exact) mass is 524 g/mol. The van der Waals surface area contributed by atoms with Gasteiger partial charge in [-0.3, -0.25) is 4.79 Å². The van der Waals surface area contributed by atoms with E-state index in [4.69, 9.17) is 19.2 Å². The second-order valence-electron chi connectivity index (χ2n) is 10.3. The van der Waals surface area contributed by atoms with Crippen molar-refractivity contribution in [3.63, 3.8) is 0 Å². The van der Waals surface area contributed by atoms with Gasteiger partial charge in [0.15, 0.2) is 0 Å². The maximum atomic E-state index is 11.8. The molecule has 3 aliphatic heterocycles. The first kappa shape index (κ1) is 24.7. The SMILES string of the molecule is CC(=O)Nc1cc2c(-c3cc(OCC4CC[S+]([O-])CC4)c4c(n3)C3(CCOC3)OCC4)cn(C)c2cn1. The van der Waals surface area contributed by atoms with Gasteiger partial charge in [0.25, 0.3) is 0 Å². The lowest BCUT2D eigenvalue weighted by molar-refractivity contribution is -0.114. The topological polar surface area (TPSA) is 111 Å². The van der Waals surface area contributed by atoms with Crippen LogP contribution in [0, 0.1) is 5.92 Å². The molecule has 196 valence electrons. The lowest BCUT2D eigenvalue weighted by atomic mass is 9.89. The number of pyridine rings is 2. The summed E-state index contributed by atoms with van der Waals surface area (Å²) in [6.07, 6.45) is 7.16. The van der Waals surface area contributed by atoms with Crippen LogP contribution in [-0.2, 0) is 44.5 Å². The number of fused-ring (bicyclic) bond motifs is 3. The highest BCUT2D eigenvalue weighted by Crippen LogP contribution is 2.44. The summed E-state index contributed by atoms with van der Waals surface area (Å²) < 4.78 is 32.5. The standard InChI is InChI=1S/C27H32N4O5S/c1-17(32)29-25-11-20-21(14-31(2)23(20)13-28-25)22-12-24(35-15-18-4-9-37(33)10-5-18)19-3-7-36-27(26(19)30-22)6-8-34-16-27/h11-14,18H,3-10,15-16H2,1-2H3,(H,28,29,32). The van der Waals surface area contributed by atoms with Crippen LogP contribution < -0.4 is 10.1 Å². The number of carbonyl (C=O) groups excluding carboxylic acids is 1. The number of carbonyl (C=O) groups is 1. The molecule has 2 fully saturated rings. The van der Waals surface area contributed by atoms with Gasteiger partial charge in [0.2, 0.25) is 5.91 Å². The Morgan fingerprint density at radius 3 is 2.92 bits per heavy atom. The Bertz CT molecular complexity index is 1330. The van der Waals surface area contributed by atoms with Gasteiger partial charge in [-0.05, 0) is 18.9 Å². The van der Waals surface area contributed by atoms with E-state index >= 15 is 0 Å². The Labute approximate surface area is 219 Å². The summed E-state index contributed by atoms with van der Waals surface area (Å²) in [6.45, 7) is 3.80. The van der Waals surface area contributed by atoms with Crippen molar-refractivity contribution in [2.75, 3.05) is 43.3 Å². The van der Waals surface area contributed by atoms with E-state index in [-0.39, 0.29) is 5.91 Å². The van der Waals surface area contributed by atoms with Crippen molar-refractivity contribution in [1.82, 2.24) is 14.5 Å². The average molecular weight is 525 g/mol. The minimum Gasteiger partial charge on any atom is -0.616 e. The molecule has 1 spiro atoms. The summed E-state index contributed by atoms with van der Waals surface area (Å²) in [5.41, 5.74) is 4.11. The van der Waals surface area contributed by atoms with E-state index in [1.165, 1.54) is 6.92 Å². The van der Waals surface area contributed by atoms with Crippen molar-refractivity contribution in [2.45, 2.75) is 38.2 Å². The van der Waals surface area contributed by atoms with Crippen molar-refractivity contribution >= 4 is 33.8 Å². The molecule has 0 bridgehead atoms. The number of rotatable bonds is 5. The normalized spacial score (nSPS) is 25.4. The first-order chi connectivity index (χ1) is 17.9. The van der Waals surface area contributed by atoms with Gasteiger partial charge in [-0.15, -0.1) is 0 Å². The summed E-state index contributed by atoms with van der Waals surface area (Å²) in [7, 11) is 1.98. The highest BCUT2D eigenvalue weighted by atomic mass is 32.2. The Balaban J connectivity index is 1.44. The maximum Gasteiger partial charge on any atom is 0.222 e. The third-order valence-corrected chi connectivity index (χ3v) is 9.05. The van der Waals surface area contributed by atoms with Crippen molar-refractivity contribution < 1.29 is 23.6 Å². The summed E-state index contributed by atoms with van der Waals surface area (Å²) in [5.74, 6) is 3.08. The highest BCUT2D eigenvalue weighted by Gasteiger charge is 2.44. The van der Waals surface area contributed by atoms with Crippen LogP contribution in [0.2, 0.25) is 0 Å². The Kier molecular flexibility index (Phi) is 6.60. The Morgan fingerprint density at radius 1 is 1.32 bits per heavy atom. The molecule has 37 heavy (non-hydrogen) atoms. The van der Waals surface area contributed by atoms with E-state index in [0.717, 1.165) is 76.4 Å². The predicted octanol–water partition coefficient (Wildman–Crippen LogP) is 3.32. The van der Waals surface area contributed by atoms with Crippen molar-refractivity contribution in [1.29, 1.82) is 0 Å². The molecule has 3 aromatic heterocycles. The fraction of sp³-hybridized carbons (Fsp3) is 0.519. The van der Waals surface area contributed by atoms with Crippen LogP contribution in [-0.4, -0.2) is 62.9 Å². The minimum absolute atomic E-state index is 0.168. The maximum absolute atomic E-state index is 11.8. The van der Waals surface area contributed by atoms with Crippen LogP contribution in [0.4, 0.5) is 5.82 Å². The van der Waals surface area contributed by atoms with Crippen LogP contribution in [0.1, 0.15) is 37.4 Å². The second-order valence-corrected chi connectivity index (χ2v) is 11.9. The Morgan fingerprint density at radius 2 is 2.16 bits per heavy atom. The molecule has 9 nitrogen and oxygen atoms in total. The van der Waals surface area contributed by atoms with Crippen LogP contribution >= 0.6 is 0 Å². The largest absolute Gasteiger partial charge is 0.616 e. The predicted molar refractivity (Wildman–Crippen MR) is 141 cm³/mol. The third-order valence-electron chi connectivity index (χ3n) is 7.67. The molecule has 0 saturated carbocycles. The molecule has 10 heteroatoms. The van der Waals surface area contributed by atoms with Gasteiger partial charge in [-0.1, -0.05) is 11.2 Å². The van der Waals surface area contributed by atoms with E-state index < -0.39 is 16.8 Å². The number of hydrogen-bond acceptors (Lipinski definition) is 7. The average Bonchev–Trinajstić information content (AvgIpc) is 3.48. The molecule has 6 heterocycles. The number of hydrogen-bond donors (Lipinski definition) is 1. The molecule has 3 aromatic rings. The lowest BCUT2D eigenvalue weighted by Gasteiger charge is -2.35. The molecule has 0 aromatic carbocycles. The minimum atomic E-state index is -0.692. The second kappa shape index (κ2) is 9.90. The highest BCUT2D eigenvalue weighted by molar-refractivity contribution is 7.91. The smallest absolute Gasteiger partial charge is 0.222 e. The van der Waals surface area contributed by atoms with Crippen LogP contribution in [0.3, 0.4) is 0 Å². The number of ether oxygens (including phenoxy) is 3. The zero-order valence-corrected chi connectivity index (χ0v) is 22.1. The third kappa shape index (κ3) is 4.71. The first-order valence-corrected chi connectivity index (χ1v) is 14.4. The van der Waals surface area contributed by atoms with Gasteiger partial charge in [0.1, 0.15) is 28.7 Å². The molecule has 6 rings (SSSR count). The van der Waals surface area contributed by atoms with Crippen LogP contribution in [0.15, 0.2) is 24.5 Å². The number of nitrogens with zero attached hydrogens (tertiary/aromatic N) is 3. The summed E-state index contributed by atoms with van der Waals surface area (Å²) >= 11 is -0.692. The number of amides is 1. The van der Waals surface area contributed by atoms with Gasteiger partial charge in [0, 0.05) is 68.1 Å². The van der Waals surface area contributed by atoms with E-state index in [0.29, 0.717) is 38.2 Å². The zero-order valence-electron chi connectivity index (χ0n) is 21.2. The van der Waals surface area contributed by atoms with Crippen molar-refractivity contribution in [3.05, 3.63) is 35.8 Å². The number of anilines is 1. The Hall–Kier alpha value is -2.66. The molecule has 1 unspecified atom stereocenters. The molecule has 3 aliphatic rings. The van der Waals surface area contributed by atoms with Crippen LogP contribution in [0.25, 0.3) is 22.2 Å². The number of aromatic nitrogens is 3.